The van der Waals surface area contributed by atoms with Gasteiger partial charge in [-0.25, -0.2) is 0 Å². The number of rotatable bonds is 5. The molecule has 1 unspecified atom stereocenters. The molecule has 0 bridgehead atoms. The number of hydrogen-bond acceptors (Lipinski definition) is 3. The maximum Gasteiger partial charge on any atom is 0.119 e. The van der Waals surface area contributed by atoms with Crippen LogP contribution in [0.4, 0.5) is 0 Å². The summed E-state index contributed by atoms with van der Waals surface area (Å²) in [5.74, 6) is 0.927. The molecule has 0 aliphatic heterocycles. The topological polar surface area (TPSA) is 21.3 Å². The lowest BCUT2D eigenvalue weighted by Crippen LogP contribution is -2.17. The summed E-state index contributed by atoms with van der Waals surface area (Å²) in [5.41, 5.74) is 3.96. The second-order valence-electron chi connectivity index (χ2n) is 4.97. The Bertz CT molecular complexity index is 516. The molecule has 1 heterocycles. The molecule has 2 rings (SSSR count). The van der Waals surface area contributed by atoms with Gasteiger partial charge in [-0.3, -0.25) is 0 Å². The summed E-state index contributed by atoms with van der Waals surface area (Å²) in [6, 6.07) is 8.61. The average Bonchev–Trinajstić information content (AvgIpc) is 2.78. The molecule has 2 nitrogen and oxygen atoms in total. The van der Waals surface area contributed by atoms with Crippen molar-refractivity contribution in [2.45, 2.75) is 32.9 Å². The van der Waals surface area contributed by atoms with Crippen molar-refractivity contribution in [3.63, 3.8) is 0 Å². The van der Waals surface area contributed by atoms with E-state index < -0.39 is 0 Å². The molecule has 0 saturated carbocycles. The second kappa shape index (κ2) is 6.22. The van der Waals surface area contributed by atoms with E-state index in [1.165, 1.54) is 16.7 Å². The Labute approximate surface area is 119 Å². The minimum Gasteiger partial charge on any atom is -0.491 e. The molecule has 0 fully saturated rings. The van der Waals surface area contributed by atoms with Crippen molar-refractivity contribution in [2.75, 3.05) is 7.05 Å². The van der Waals surface area contributed by atoms with Crippen molar-refractivity contribution in [3.8, 4) is 5.75 Å². The van der Waals surface area contributed by atoms with E-state index in [4.69, 9.17) is 4.74 Å². The summed E-state index contributed by atoms with van der Waals surface area (Å²) in [7, 11) is 2.00. The van der Waals surface area contributed by atoms with Crippen LogP contribution in [0.25, 0.3) is 0 Å². The van der Waals surface area contributed by atoms with Crippen molar-refractivity contribution >= 4 is 11.3 Å². The fraction of sp³-hybridized carbons (Fsp3) is 0.375. The summed E-state index contributed by atoms with van der Waals surface area (Å²) >= 11 is 1.75. The fourth-order valence-electron chi connectivity index (χ4n) is 2.18. The van der Waals surface area contributed by atoms with Gasteiger partial charge in [0.15, 0.2) is 0 Å². The third kappa shape index (κ3) is 3.37. The SMILES string of the molecule is CNC(c1ccc(OC(C)C)cc1)c1cscc1C. The van der Waals surface area contributed by atoms with Gasteiger partial charge in [0.25, 0.3) is 0 Å². The van der Waals surface area contributed by atoms with Gasteiger partial charge in [0, 0.05) is 0 Å². The van der Waals surface area contributed by atoms with E-state index in [0.717, 1.165) is 5.75 Å². The van der Waals surface area contributed by atoms with Crippen LogP contribution in [0, 0.1) is 6.92 Å². The van der Waals surface area contributed by atoms with E-state index in [2.05, 4.69) is 35.1 Å². The third-order valence-electron chi connectivity index (χ3n) is 3.08. The van der Waals surface area contributed by atoms with Crippen LogP contribution in [0.1, 0.15) is 36.6 Å². The molecule has 3 heteroatoms. The van der Waals surface area contributed by atoms with E-state index in [9.17, 15) is 0 Å². The fourth-order valence-corrected chi connectivity index (χ4v) is 3.06. The smallest absolute Gasteiger partial charge is 0.119 e. The Morgan fingerprint density at radius 2 is 1.79 bits per heavy atom. The minimum atomic E-state index is 0.213. The molecule has 0 amide bonds. The lowest BCUT2D eigenvalue weighted by atomic mass is 9.98. The summed E-state index contributed by atoms with van der Waals surface area (Å²) in [6.07, 6.45) is 0.213. The lowest BCUT2D eigenvalue weighted by Gasteiger charge is -2.18. The quantitative estimate of drug-likeness (QED) is 0.885. The lowest BCUT2D eigenvalue weighted by molar-refractivity contribution is 0.242. The molecule has 19 heavy (non-hydrogen) atoms. The molecule has 0 radical (unpaired) electrons. The van der Waals surface area contributed by atoms with Crippen LogP contribution >= 0.6 is 11.3 Å². The van der Waals surface area contributed by atoms with Crippen molar-refractivity contribution in [3.05, 3.63) is 51.7 Å². The summed E-state index contributed by atoms with van der Waals surface area (Å²) < 4.78 is 5.68. The van der Waals surface area contributed by atoms with Gasteiger partial charge in [0.2, 0.25) is 0 Å². The van der Waals surface area contributed by atoms with E-state index in [0.29, 0.717) is 0 Å². The number of hydrogen-bond donors (Lipinski definition) is 1. The standard InChI is InChI=1S/C16H21NOS/c1-11(2)18-14-7-5-13(6-8-14)16(17-4)15-10-19-9-12(15)3/h5-11,16-17H,1-4H3. The van der Waals surface area contributed by atoms with Crippen LogP contribution in [0.3, 0.4) is 0 Å². The summed E-state index contributed by atoms with van der Waals surface area (Å²) in [4.78, 5) is 0. The molecule has 0 saturated heterocycles. The van der Waals surface area contributed by atoms with Gasteiger partial charge in [0.05, 0.1) is 12.1 Å². The number of nitrogens with one attached hydrogen (secondary N) is 1. The maximum absolute atomic E-state index is 5.68. The first-order valence-corrected chi connectivity index (χ1v) is 7.52. The van der Waals surface area contributed by atoms with Gasteiger partial charge in [-0.05, 0) is 67.4 Å². The van der Waals surface area contributed by atoms with Crippen LogP contribution < -0.4 is 10.1 Å². The van der Waals surface area contributed by atoms with Gasteiger partial charge < -0.3 is 10.1 Å². The molecule has 102 valence electrons. The molecule has 1 aromatic carbocycles. The van der Waals surface area contributed by atoms with Crippen LogP contribution in [-0.4, -0.2) is 13.2 Å². The van der Waals surface area contributed by atoms with Crippen molar-refractivity contribution in [1.82, 2.24) is 5.32 Å². The zero-order chi connectivity index (χ0) is 13.8. The molecular formula is C16H21NOS. The second-order valence-corrected chi connectivity index (χ2v) is 5.71. The Hall–Kier alpha value is -1.32. The van der Waals surface area contributed by atoms with Crippen molar-refractivity contribution in [1.29, 1.82) is 0 Å². The van der Waals surface area contributed by atoms with Crippen molar-refractivity contribution in [2.24, 2.45) is 0 Å². The highest BCUT2D eigenvalue weighted by Crippen LogP contribution is 2.28. The number of aryl methyl sites for hydroxylation is 1. The van der Waals surface area contributed by atoms with E-state index in [-0.39, 0.29) is 12.1 Å². The van der Waals surface area contributed by atoms with Gasteiger partial charge >= 0.3 is 0 Å². The Kier molecular flexibility index (Phi) is 4.61. The molecular weight excluding hydrogens is 254 g/mol. The third-order valence-corrected chi connectivity index (χ3v) is 3.96. The number of thiophene rings is 1. The van der Waals surface area contributed by atoms with Crippen LogP contribution in [0.15, 0.2) is 35.0 Å². The van der Waals surface area contributed by atoms with E-state index >= 15 is 0 Å². The molecule has 0 aliphatic carbocycles. The van der Waals surface area contributed by atoms with E-state index in [1.807, 2.05) is 33.0 Å². The minimum absolute atomic E-state index is 0.213. The van der Waals surface area contributed by atoms with Crippen LogP contribution in [-0.2, 0) is 0 Å². The van der Waals surface area contributed by atoms with Gasteiger partial charge in [-0.15, -0.1) is 0 Å². The Morgan fingerprint density at radius 3 is 2.26 bits per heavy atom. The first-order chi connectivity index (χ1) is 9.11. The average molecular weight is 275 g/mol. The molecule has 1 N–H and O–H groups in total. The molecule has 1 atom stereocenters. The Balaban J connectivity index is 2.22. The summed E-state index contributed by atoms with van der Waals surface area (Å²) in [6.45, 7) is 6.24. The predicted octanol–water partition coefficient (Wildman–Crippen LogP) is 4.15. The highest BCUT2D eigenvalue weighted by Gasteiger charge is 2.14. The maximum atomic E-state index is 5.68. The van der Waals surface area contributed by atoms with Crippen LogP contribution in [0.2, 0.25) is 0 Å². The zero-order valence-corrected chi connectivity index (χ0v) is 12.8. The normalized spacial score (nSPS) is 12.7. The predicted molar refractivity (Wildman–Crippen MR) is 82.2 cm³/mol. The molecule has 0 spiro atoms. The highest BCUT2D eigenvalue weighted by atomic mass is 32.1. The van der Waals surface area contributed by atoms with Crippen LogP contribution in [0.5, 0.6) is 5.75 Å². The first-order valence-electron chi connectivity index (χ1n) is 6.58. The molecule has 2 aromatic rings. The van der Waals surface area contributed by atoms with E-state index in [1.54, 1.807) is 11.3 Å². The summed E-state index contributed by atoms with van der Waals surface area (Å²) in [5, 5.41) is 7.80. The Morgan fingerprint density at radius 1 is 1.11 bits per heavy atom. The highest BCUT2D eigenvalue weighted by molar-refractivity contribution is 7.08. The number of benzene rings is 1. The van der Waals surface area contributed by atoms with Crippen molar-refractivity contribution < 1.29 is 4.74 Å². The molecule has 1 aromatic heterocycles. The van der Waals surface area contributed by atoms with Gasteiger partial charge in [-0.2, -0.15) is 11.3 Å². The van der Waals surface area contributed by atoms with Gasteiger partial charge in [0.1, 0.15) is 5.75 Å². The number of ether oxygens (including phenoxy) is 1. The first kappa shape index (κ1) is 14.1. The van der Waals surface area contributed by atoms with Gasteiger partial charge in [-0.1, -0.05) is 12.1 Å². The zero-order valence-electron chi connectivity index (χ0n) is 11.9. The molecule has 0 aliphatic rings. The largest absolute Gasteiger partial charge is 0.491 e. The monoisotopic (exact) mass is 275 g/mol.